The molecule has 3 aromatic rings. The van der Waals surface area contributed by atoms with Crippen LogP contribution < -0.4 is 5.56 Å². The fourth-order valence-electron chi connectivity index (χ4n) is 2.20. The van der Waals surface area contributed by atoms with Crippen molar-refractivity contribution in [1.82, 2.24) is 9.78 Å². The molecule has 0 saturated carbocycles. The fraction of sp³-hybridized carbons (Fsp3) is 0.0588. The Morgan fingerprint density at radius 3 is 2.62 bits per heavy atom. The number of aryl methyl sites for hydroxylation is 1. The number of aromatic nitrogens is 2. The lowest BCUT2D eigenvalue weighted by atomic mass is 10.2. The summed E-state index contributed by atoms with van der Waals surface area (Å²) in [5, 5.41) is 3.44. The van der Waals surface area contributed by atoms with Crippen LogP contribution in [-0.2, 0) is 0 Å². The Labute approximate surface area is 150 Å². The third-order valence-corrected chi connectivity index (χ3v) is 4.24. The summed E-state index contributed by atoms with van der Waals surface area (Å²) < 4.78 is 15.2. The van der Waals surface area contributed by atoms with Crippen molar-refractivity contribution in [3.8, 4) is 5.69 Å². The van der Waals surface area contributed by atoms with Crippen molar-refractivity contribution in [2.75, 3.05) is 0 Å². The molecule has 0 aliphatic carbocycles. The molecule has 0 amide bonds. The zero-order valence-electron chi connectivity index (χ0n) is 12.6. The number of hydrogen-bond donors (Lipinski definition) is 1. The molecule has 0 fully saturated rings. The van der Waals surface area contributed by atoms with Crippen LogP contribution in [0.5, 0.6) is 0 Å². The quantitative estimate of drug-likeness (QED) is 0.623. The third-order valence-electron chi connectivity index (χ3n) is 3.44. The van der Waals surface area contributed by atoms with Crippen molar-refractivity contribution < 1.29 is 4.39 Å². The molecule has 0 bridgehead atoms. The van der Waals surface area contributed by atoms with Crippen LogP contribution >= 0.6 is 27.5 Å². The van der Waals surface area contributed by atoms with E-state index in [0.29, 0.717) is 27.7 Å². The predicted octanol–water partition coefficient (Wildman–Crippen LogP) is 4.78. The van der Waals surface area contributed by atoms with Crippen LogP contribution in [0.15, 0.2) is 56.7 Å². The van der Waals surface area contributed by atoms with Crippen molar-refractivity contribution in [3.63, 3.8) is 0 Å². The third kappa shape index (κ3) is 3.34. The molecule has 7 heteroatoms. The number of halogens is 3. The first-order chi connectivity index (χ1) is 11.5. The summed E-state index contributed by atoms with van der Waals surface area (Å²) in [4.78, 5) is 16.8. The normalized spacial score (nSPS) is 11.3. The van der Waals surface area contributed by atoms with E-state index in [2.05, 4.69) is 26.0 Å². The Kier molecular flexibility index (Phi) is 4.69. The summed E-state index contributed by atoms with van der Waals surface area (Å²) in [6.45, 7) is 1.77. The first kappa shape index (κ1) is 16.7. The van der Waals surface area contributed by atoms with E-state index < -0.39 is 0 Å². The Morgan fingerprint density at radius 2 is 1.96 bits per heavy atom. The molecule has 1 aromatic heterocycles. The van der Waals surface area contributed by atoms with Gasteiger partial charge in [-0.05, 0) is 49.4 Å². The topological polar surface area (TPSA) is 50.1 Å². The van der Waals surface area contributed by atoms with Crippen LogP contribution in [0.2, 0.25) is 5.02 Å². The van der Waals surface area contributed by atoms with Crippen LogP contribution in [-0.4, -0.2) is 16.0 Å². The molecule has 3 rings (SSSR count). The summed E-state index contributed by atoms with van der Waals surface area (Å²) in [7, 11) is 0. The monoisotopic (exact) mass is 407 g/mol. The number of aromatic amines is 1. The van der Waals surface area contributed by atoms with Gasteiger partial charge in [-0.2, -0.15) is 0 Å². The summed E-state index contributed by atoms with van der Waals surface area (Å²) in [5.74, 6) is -0.359. The van der Waals surface area contributed by atoms with Gasteiger partial charge in [0, 0.05) is 16.4 Å². The Hall–Kier alpha value is -2.18. The molecule has 0 aliphatic heterocycles. The molecular weight excluding hydrogens is 397 g/mol. The lowest BCUT2D eigenvalue weighted by Gasteiger charge is -2.00. The van der Waals surface area contributed by atoms with Crippen molar-refractivity contribution in [3.05, 3.63) is 79.4 Å². The van der Waals surface area contributed by atoms with Crippen LogP contribution in [0, 0.1) is 12.7 Å². The highest BCUT2D eigenvalue weighted by Gasteiger charge is 2.11. The molecule has 0 atom stereocenters. The van der Waals surface area contributed by atoms with E-state index in [4.69, 9.17) is 11.6 Å². The van der Waals surface area contributed by atoms with Crippen molar-refractivity contribution in [1.29, 1.82) is 0 Å². The fourth-order valence-corrected chi connectivity index (χ4v) is 2.93. The maximum atomic E-state index is 13.0. The second kappa shape index (κ2) is 6.75. The summed E-state index contributed by atoms with van der Waals surface area (Å²) in [6, 6.07) is 11.0. The number of rotatable bonds is 3. The van der Waals surface area contributed by atoms with Gasteiger partial charge in [-0.15, -0.1) is 0 Å². The predicted molar refractivity (Wildman–Crippen MR) is 97.5 cm³/mol. The van der Waals surface area contributed by atoms with Crippen LogP contribution in [0.1, 0.15) is 11.3 Å². The number of benzene rings is 2. The number of hydrogen-bond acceptors (Lipinski definition) is 2. The number of aliphatic imine (C=N–C) groups is 1. The highest BCUT2D eigenvalue weighted by Crippen LogP contribution is 2.27. The van der Waals surface area contributed by atoms with Gasteiger partial charge >= 0.3 is 0 Å². The second-order valence-corrected chi connectivity index (χ2v) is 6.44. The van der Waals surface area contributed by atoms with Gasteiger partial charge in [-0.1, -0.05) is 27.5 Å². The molecule has 1 heterocycles. The highest BCUT2D eigenvalue weighted by molar-refractivity contribution is 9.10. The molecule has 0 saturated heterocycles. The summed E-state index contributed by atoms with van der Waals surface area (Å²) >= 11 is 9.45. The Morgan fingerprint density at radius 1 is 1.25 bits per heavy atom. The summed E-state index contributed by atoms with van der Waals surface area (Å²) in [5.41, 5.74) is 1.91. The van der Waals surface area contributed by atoms with Crippen LogP contribution in [0.4, 0.5) is 10.1 Å². The van der Waals surface area contributed by atoms with E-state index in [1.807, 2.05) is 6.07 Å². The van der Waals surface area contributed by atoms with E-state index in [1.165, 1.54) is 35.2 Å². The Balaban J connectivity index is 1.99. The van der Waals surface area contributed by atoms with Crippen LogP contribution in [0.25, 0.3) is 5.69 Å². The SMILES string of the molecule is Cc1[nH]n(-c2ccc(F)cc2)c(=O)c1C=Nc1ccc(Br)cc1Cl. The highest BCUT2D eigenvalue weighted by atomic mass is 79.9. The first-order valence-electron chi connectivity index (χ1n) is 7.02. The molecule has 0 spiro atoms. The lowest BCUT2D eigenvalue weighted by molar-refractivity contribution is 0.627. The van der Waals surface area contributed by atoms with Crippen molar-refractivity contribution in [2.45, 2.75) is 6.92 Å². The average molecular weight is 409 g/mol. The molecule has 0 unspecified atom stereocenters. The average Bonchev–Trinajstić information content (AvgIpc) is 2.82. The van der Waals surface area contributed by atoms with Gasteiger partial charge in [-0.3, -0.25) is 14.9 Å². The largest absolute Gasteiger partial charge is 0.295 e. The van der Waals surface area contributed by atoms with Crippen molar-refractivity contribution >= 4 is 39.4 Å². The van der Waals surface area contributed by atoms with Gasteiger partial charge in [0.1, 0.15) is 5.82 Å². The van der Waals surface area contributed by atoms with E-state index in [9.17, 15) is 9.18 Å². The van der Waals surface area contributed by atoms with E-state index >= 15 is 0 Å². The molecule has 1 N–H and O–H groups in total. The number of nitrogens with one attached hydrogen (secondary N) is 1. The molecule has 2 aromatic carbocycles. The molecule has 24 heavy (non-hydrogen) atoms. The zero-order chi connectivity index (χ0) is 17.3. The van der Waals surface area contributed by atoms with Crippen LogP contribution in [0.3, 0.4) is 0 Å². The molecule has 0 aliphatic rings. The molecule has 122 valence electrons. The van der Waals surface area contributed by atoms with E-state index in [0.717, 1.165) is 4.47 Å². The first-order valence-corrected chi connectivity index (χ1v) is 8.19. The second-order valence-electron chi connectivity index (χ2n) is 5.12. The van der Waals surface area contributed by atoms with Gasteiger partial charge in [0.2, 0.25) is 0 Å². The van der Waals surface area contributed by atoms with Gasteiger partial charge in [0.05, 0.1) is 22.0 Å². The number of nitrogens with zero attached hydrogens (tertiary/aromatic N) is 2. The number of H-pyrrole nitrogens is 1. The summed E-state index contributed by atoms with van der Waals surface area (Å²) in [6.07, 6.45) is 1.48. The maximum Gasteiger partial charge on any atom is 0.280 e. The lowest BCUT2D eigenvalue weighted by Crippen LogP contribution is -2.17. The maximum absolute atomic E-state index is 13.0. The minimum atomic E-state index is -0.359. The van der Waals surface area contributed by atoms with Gasteiger partial charge in [-0.25, -0.2) is 9.07 Å². The van der Waals surface area contributed by atoms with E-state index in [-0.39, 0.29) is 11.4 Å². The zero-order valence-corrected chi connectivity index (χ0v) is 14.9. The Bertz CT molecular complexity index is 976. The van der Waals surface area contributed by atoms with E-state index in [1.54, 1.807) is 19.1 Å². The molecular formula is C17H12BrClFN3O. The molecule has 4 nitrogen and oxygen atoms in total. The van der Waals surface area contributed by atoms with Crippen molar-refractivity contribution in [2.24, 2.45) is 4.99 Å². The smallest absolute Gasteiger partial charge is 0.280 e. The standard InChI is InChI=1S/C17H12BrClFN3O/c1-10-14(9-21-16-7-2-11(18)8-15(16)19)17(24)23(22-10)13-5-3-12(20)4-6-13/h2-9,22H,1H3. The minimum Gasteiger partial charge on any atom is -0.295 e. The molecule has 0 radical (unpaired) electrons. The van der Waals surface area contributed by atoms with Gasteiger partial charge in [0.15, 0.2) is 0 Å². The van der Waals surface area contributed by atoms with Gasteiger partial charge in [0.25, 0.3) is 5.56 Å². The van der Waals surface area contributed by atoms with Gasteiger partial charge < -0.3 is 0 Å². The minimum absolute atomic E-state index is 0.268.